The van der Waals surface area contributed by atoms with E-state index in [1.54, 1.807) is 18.2 Å². The zero-order chi connectivity index (χ0) is 10.8. The number of carbonyl (C=O) groups is 1. The predicted octanol–water partition coefficient (Wildman–Crippen LogP) is 1.61. The molecule has 80 valence electrons. The third-order valence-electron chi connectivity index (χ3n) is 2.63. The minimum atomic E-state index is -0.345. The Morgan fingerprint density at radius 2 is 2.33 bits per heavy atom. The minimum Gasteiger partial charge on any atom is -0.465 e. The highest BCUT2D eigenvalue weighted by Crippen LogP contribution is 2.28. The monoisotopic (exact) mass is 207 g/mol. The molecule has 0 aliphatic carbocycles. The van der Waals surface area contributed by atoms with Gasteiger partial charge in [-0.25, -0.2) is 4.79 Å². The van der Waals surface area contributed by atoms with Crippen LogP contribution in [0.1, 0.15) is 22.3 Å². The molecule has 1 N–H and O–H groups in total. The number of nitrogens with zero attached hydrogens (tertiary/aromatic N) is 1. The van der Waals surface area contributed by atoms with Crippen LogP contribution in [-0.2, 0) is 11.2 Å². The Labute approximate surface area is 88.0 Å². The van der Waals surface area contributed by atoms with Gasteiger partial charge in [-0.1, -0.05) is 6.07 Å². The van der Waals surface area contributed by atoms with E-state index in [0.717, 1.165) is 18.4 Å². The number of fused-ring (bicyclic) bond motifs is 1. The molecule has 1 aromatic rings. The highest BCUT2D eigenvalue weighted by molar-refractivity contribution is 5.93. The first kappa shape index (κ1) is 9.98. The van der Waals surface area contributed by atoms with Gasteiger partial charge in [-0.05, 0) is 30.5 Å². The van der Waals surface area contributed by atoms with Gasteiger partial charge in [0.2, 0.25) is 0 Å². The molecule has 0 saturated carbocycles. The Balaban J connectivity index is 2.49. The Morgan fingerprint density at radius 3 is 3.07 bits per heavy atom. The number of ether oxygens (including phenoxy) is 1. The third-order valence-corrected chi connectivity index (χ3v) is 2.63. The molecule has 4 nitrogen and oxygen atoms in total. The molecule has 0 radical (unpaired) electrons. The van der Waals surface area contributed by atoms with E-state index in [0.29, 0.717) is 17.8 Å². The first-order valence-electron chi connectivity index (χ1n) is 4.90. The van der Waals surface area contributed by atoms with E-state index in [1.165, 1.54) is 12.2 Å². The van der Waals surface area contributed by atoms with Crippen LogP contribution in [0.15, 0.2) is 18.2 Å². The van der Waals surface area contributed by atoms with Crippen molar-refractivity contribution in [3.63, 3.8) is 0 Å². The van der Waals surface area contributed by atoms with Gasteiger partial charge in [0.05, 0.1) is 18.4 Å². The van der Waals surface area contributed by atoms with Gasteiger partial charge in [-0.3, -0.25) is 10.3 Å². The van der Waals surface area contributed by atoms with Crippen molar-refractivity contribution in [2.24, 2.45) is 0 Å². The Hall–Kier alpha value is -1.55. The fourth-order valence-electron chi connectivity index (χ4n) is 1.91. The normalized spacial score (nSPS) is 14.7. The highest BCUT2D eigenvalue weighted by Gasteiger charge is 2.21. The molecule has 1 heterocycles. The van der Waals surface area contributed by atoms with Crippen molar-refractivity contribution in [1.82, 2.24) is 0 Å². The van der Waals surface area contributed by atoms with Crippen molar-refractivity contribution in [1.29, 1.82) is 0 Å². The number of carbonyl (C=O) groups excluding carboxylic acids is 1. The lowest BCUT2D eigenvalue weighted by molar-refractivity contribution is 0.0599. The number of benzene rings is 1. The van der Waals surface area contributed by atoms with Crippen LogP contribution < -0.4 is 5.06 Å². The molecular weight excluding hydrogens is 194 g/mol. The molecule has 0 amide bonds. The average molecular weight is 207 g/mol. The van der Waals surface area contributed by atoms with Gasteiger partial charge in [0.1, 0.15) is 0 Å². The summed E-state index contributed by atoms with van der Waals surface area (Å²) in [7, 11) is 1.36. The van der Waals surface area contributed by atoms with E-state index in [9.17, 15) is 10.0 Å². The minimum absolute atomic E-state index is 0.345. The van der Waals surface area contributed by atoms with Gasteiger partial charge in [0, 0.05) is 6.54 Å². The van der Waals surface area contributed by atoms with Gasteiger partial charge in [-0.2, -0.15) is 0 Å². The molecule has 0 bridgehead atoms. The summed E-state index contributed by atoms with van der Waals surface area (Å²) in [5.41, 5.74) is 2.14. The molecule has 0 aromatic heterocycles. The molecular formula is C11H13NO3. The molecule has 0 fully saturated rings. The SMILES string of the molecule is COC(=O)c1cccc2c1CCCN2O. The van der Waals surface area contributed by atoms with Gasteiger partial charge in [0.15, 0.2) is 0 Å². The van der Waals surface area contributed by atoms with E-state index >= 15 is 0 Å². The molecule has 0 atom stereocenters. The average Bonchev–Trinajstić information content (AvgIpc) is 2.28. The molecule has 2 rings (SSSR count). The van der Waals surface area contributed by atoms with Crippen LogP contribution in [0.2, 0.25) is 0 Å². The summed E-state index contributed by atoms with van der Waals surface area (Å²) in [6.45, 7) is 0.609. The van der Waals surface area contributed by atoms with E-state index in [2.05, 4.69) is 0 Å². The second-order valence-electron chi connectivity index (χ2n) is 3.52. The van der Waals surface area contributed by atoms with Gasteiger partial charge >= 0.3 is 5.97 Å². The second kappa shape index (κ2) is 3.90. The lowest BCUT2D eigenvalue weighted by Gasteiger charge is -2.26. The molecule has 1 aliphatic heterocycles. The number of methoxy groups -OCH3 is 1. The summed E-state index contributed by atoms with van der Waals surface area (Å²) in [4.78, 5) is 11.5. The fourth-order valence-corrected chi connectivity index (χ4v) is 1.91. The number of rotatable bonds is 1. The second-order valence-corrected chi connectivity index (χ2v) is 3.52. The van der Waals surface area contributed by atoms with Crippen molar-refractivity contribution >= 4 is 11.7 Å². The van der Waals surface area contributed by atoms with Gasteiger partial charge < -0.3 is 4.74 Å². The number of hydroxylamine groups is 1. The lowest BCUT2D eigenvalue weighted by Crippen LogP contribution is -2.26. The summed E-state index contributed by atoms with van der Waals surface area (Å²) in [5.74, 6) is -0.345. The standard InChI is InChI=1S/C11H13NO3/c1-15-11(13)9-4-2-6-10-8(9)5-3-7-12(10)14/h2,4,6,14H,3,5,7H2,1H3. The molecule has 0 unspecified atom stereocenters. The number of hydrogen-bond donors (Lipinski definition) is 1. The van der Waals surface area contributed by atoms with Crippen LogP contribution in [0.3, 0.4) is 0 Å². The summed E-state index contributed by atoms with van der Waals surface area (Å²) in [5, 5.41) is 10.8. The van der Waals surface area contributed by atoms with E-state index in [-0.39, 0.29) is 5.97 Å². The Kier molecular flexibility index (Phi) is 2.60. The topological polar surface area (TPSA) is 49.8 Å². The summed E-state index contributed by atoms with van der Waals surface area (Å²) in [6, 6.07) is 5.28. The molecule has 1 aliphatic rings. The molecule has 4 heteroatoms. The van der Waals surface area contributed by atoms with Crippen LogP contribution in [0.25, 0.3) is 0 Å². The van der Waals surface area contributed by atoms with Gasteiger partial charge in [-0.15, -0.1) is 0 Å². The molecule has 0 saturated heterocycles. The molecule has 0 spiro atoms. The van der Waals surface area contributed by atoms with Crippen LogP contribution >= 0.6 is 0 Å². The highest BCUT2D eigenvalue weighted by atomic mass is 16.5. The van der Waals surface area contributed by atoms with Crippen molar-refractivity contribution in [3.05, 3.63) is 29.3 Å². The first-order valence-corrected chi connectivity index (χ1v) is 4.90. The lowest BCUT2D eigenvalue weighted by atomic mass is 9.97. The predicted molar refractivity (Wildman–Crippen MR) is 55.2 cm³/mol. The number of hydrogen-bond acceptors (Lipinski definition) is 4. The quantitative estimate of drug-likeness (QED) is 0.711. The summed E-state index contributed by atoms with van der Waals surface area (Å²) >= 11 is 0. The maximum absolute atomic E-state index is 11.5. The van der Waals surface area contributed by atoms with Crippen LogP contribution in [0, 0.1) is 0 Å². The van der Waals surface area contributed by atoms with E-state index in [4.69, 9.17) is 4.74 Å². The zero-order valence-electron chi connectivity index (χ0n) is 8.56. The fraction of sp³-hybridized carbons (Fsp3) is 0.364. The Bertz CT molecular complexity index is 389. The van der Waals surface area contributed by atoms with Crippen molar-refractivity contribution in [2.75, 3.05) is 18.7 Å². The maximum Gasteiger partial charge on any atom is 0.338 e. The van der Waals surface area contributed by atoms with Crippen LogP contribution in [-0.4, -0.2) is 24.8 Å². The smallest absolute Gasteiger partial charge is 0.338 e. The first-order chi connectivity index (χ1) is 7.24. The molecule has 1 aromatic carbocycles. The van der Waals surface area contributed by atoms with Crippen molar-refractivity contribution < 1.29 is 14.7 Å². The number of esters is 1. The largest absolute Gasteiger partial charge is 0.465 e. The van der Waals surface area contributed by atoms with Crippen molar-refractivity contribution in [3.8, 4) is 0 Å². The molecule has 15 heavy (non-hydrogen) atoms. The zero-order valence-corrected chi connectivity index (χ0v) is 8.56. The summed E-state index contributed by atoms with van der Waals surface area (Å²) < 4.78 is 4.70. The maximum atomic E-state index is 11.5. The van der Waals surface area contributed by atoms with E-state index < -0.39 is 0 Å². The van der Waals surface area contributed by atoms with E-state index in [1.807, 2.05) is 0 Å². The number of anilines is 1. The third kappa shape index (κ3) is 1.68. The van der Waals surface area contributed by atoms with Crippen molar-refractivity contribution in [2.45, 2.75) is 12.8 Å². The van der Waals surface area contributed by atoms with Crippen LogP contribution in [0.5, 0.6) is 0 Å². The van der Waals surface area contributed by atoms with Gasteiger partial charge in [0.25, 0.3) is 0 Å². The summed E-state index contributed by atoms with van der Waals surface area (Å²) in [6.07, 6.45) is 1.65. The van der Waals surface area contributed by atoms with Crippen LogP contribution in [0.4, 0.5) is 5.69 Å². The Morgan fingerprint density at radius 1 is 1.53 bits per heavy atom.